The van der Waals surface area contributed by atoms with Crippen LogP contribution < -0.4 is 5.73 Å². The summed E-state index contributed by atoms with van der Waals surface area (Å²) >= 11 is 5.91. The fourth-order valence-electron chi connectivity index (χ4n) is 3.25. The van der Waals surface area contributed by atoms with Crippen molar-refractivity contribution < 1.29 is 0 Å². The van der Waals surface area contributed by atoms with Crippen LogP contribution in [-0.4, -0.2) is 16.3 Å². The predicted molar refractivity (Wildman–Crippen MR) is 82.4 cm³/mol. The zero-order valence-corrected chi connectivity index (χ0v) is 12.3. The Morgan fingerprint density at radius 1 is 1.15 bits per heavy atom. The smallest absolute Gasteiger partial charge is 0.0790 e. The van der Waals surface area contributed by atoms with E-state index in [4.69, 9.17) is 17.3 Å². The van der Waals surface area contributed by atoms with Gasteiger partial charge >= 0.3 is 0 Å². The number of aromatic nitrogens is 2. The Balaban J connectivity index is 1.88. The third-order valence-electron chi connectivity index (χ3n) is 4.50. The molecule has 0 aliphatic heterocycles. The fourth-order valence-corrected chi connectivity index (χ4v) is 3.39. The van der Waals surface area contributed by atoms with Crippen LogP contribution in [0.15, 0.2) is 36.7 Å². The highest BCUT2D eigenvalue weighted by Crippen LogP contribution is 2.38. The molecule has 2 aromatic rings. The summed E-state index contributed by atoms with van der Waals surface area (Å²) in [5.74, 6) is 0. The molecule has 1 heterocycles. The number of hydrogen-bond donors (Lipinski definition) is 1. The zero-order chi connectivity index (χ0) is 14.0. The van der Waals surface area contributed by atoms with Crippen LogP contribution in [0.3, 0.4) is 0 Å². The van der Waals surface area contributed by atoms with Crippen molar-refractivity contribution in [3.8, 4) is 5.69 Å². The van der Waals surface area contributed by atoms with E-state index >= 15 is 0 Å². The third kappa shape index (κ3) is 2.48. The van der Waals surface area contributed by atoms with Crippen LogP contribution in [0.5, 0.6) is 0 Å². The van der Waals surface area contributed by atoms with Gasteiger partial charge in [-0.1, -0.05) is 43.0 Å². The van der Waals surface area contributed by atoms with Crippen LogP contribution in [0.25, 0.3) is 5.69 Å². The van der Waals surface area contributed by atoms with Gasteiger partial charge in [0.05, 0.1) is 16.9 Å². The second-order valence-corrected chi connectivity index (χ2v) is 6.13. The number of nitrogens with zero attached hydrogens (tertiary/aromatic N) is 2. The van der Waals surface area contributed by atoms with Crippen LogP contribution in [0, 0.1) is 0 Å². The van der Waals surface area contributed by atoms with Gasteiger partial charge in [0.1, 0.15) is 0 Å². The van der Waals surface area contributed by atoms with Crippen molar-refractivity contribution in [3.63, 3.8) is 0 Å². The first kappa shape index (κ1) is 13.7. The highest BCUT2D eigenvalue weighted by Gasteiger charge is 2.32. The second-order valence-electron chi connectivity index (χ2n) is 5.70. The van der Waals surface area contributed by atoms with E-state index in [1.165, 1.54) is 37.7 Å². The Bertz CT molecular complexity index is 568. The minimum Gasteiger partial charge on any atom is -0.330 e. The van der Waals surface area contributed by atoms with Gasteiger partial charge in [-0.3, -0.25) is 0 Å². The Kier molecular flexibility index (Phi) is 3.81. The first-order chi connectivity index (χ1) is 9.73. The van der Waals surface area contributed by atoms with E-state index < -0.39 is 0 Å². The van der Waals surface area contributed by atoms with Gasteiger partial charge in [0, 0.05) is 18.2 Å². The van der Waals surface area contributed by atoms with Gasteiger partial charge in [0.2, 0.25) is 0 Å². The molecule has 20 heavy (non-hydrogen) atoms. The summed E-state index contributed by atoms with van der Waals surface area (Å²) in [7, 11) is 0. The summed E-state index contributed by atoms with van der Waals surface area (Å²) in [6.07, 6.45) is 9.79. The molecule has 0 amide bonds. The van der Waals surface area contributed by atoms with Crippen molar-refractivity contribution in [2.24, 2.45) is 5.73 Å². The monoisotopic (exact) mass is 289 g/mol. The lowest BCUT2D eigenvalue weighted by Gasteiger charge is -2.37. The minimum absolute atomic E-state index is 0.179. The molecule has 0 spiro atoms. The van der Waals surface area contributed by atoms with Crippen molar-refractivity contribution in [1.29, 1.82) is 0 Å². The second kappa shape index (κ2) is 5.58. The number of nitrogens with two attached hydrogens (primary N) is 1. The number of halogens is 1. The molecule has 0 bridgehead atoms. The Labute approximate surface area is 124 Å². The molecule has 0 radical (unpaired) electrons. The van der Waals surface area contributed by atoms with Crippen molar-refractivity contribution >= 4 is 11.6 Å². The van der Waals surface area contributed by atoms with Crippen molar-refractivity contribution in [2.45, 2.75) is 37.5 Å². The van der Waals surface area contributed by atoms with Crippen LogP contribution in [0.1, 0.15) is 37.7 Å². The first-order valence-corrected chi connectivity index (χ1v) is 7.62. The van der Waals surface area contributed by atoms with Gasteiger partial charge in [-0.05, 0) is 30.5 Å². The van der Waals surface area contributed by atoms with E-state index in [-0.39, 0.29) is 5.41 Å². The summed E-state index contributed by atoms with van der Waals surface area (Å²) in [6.45, 7) is 0.736. The molecule has 3 nitrogen and oxygen atoms in total. The molecular weight excluding hydrogens is 270 g/mol. The van der Waals surface area contributed by atoms with Gasteiger partial charge in [0.15, 0.2) is 0 Å². The van der Waals surface area contributed by atoms with Gasteiger partial charge in [-0.25, -0.2) is 4.68 Å². The fraction of sp³-hybridized carbons (Fsp3) is 0.438. The van der Waals surface area contributed by atoms with E-state index in [0.717, 1.165) is 12.2 Å². The summed E-state index contributed by atoms with van der Waals surface area (Å²) in [4.78, 5) is 0. The van der Waals surface area contributed by atoms with E-state index in [1.54, 1.807) is 10.9 Å². The largest absolute Gasteiger partial charge is 0.330 e. The average Bonchev–Trinajstić information content (AvgIpc) is 2.95. The van der Waals surface area contributed by atoms with Gasteiger partial charge < -0.3 is 5.73 Å². The lowest BCUT2D eigenvalue weighted by molar-refractivity contribution is 0.301. The van der Waals surface area contributed by atoms with Crippen LogP contribution in [0.2, 0.25) is 5.02 Å². The lowest BCUT2D eigenvalue weighted by atomic mass is 9.69. The van der Waals surface area contributed by atoms with E-state index in [1.807, 2.05) is 6.20 Å². The van der Waals surface area contributed by atoms with E-state index in [2.05, 4.69) is 29.4 Å². The van der Waals surface area contributed by atoms with Crippen LogP contribution >= 0.6 is 11.6 Å². The Morgan fingerprint density at radius 3 is 2.40 bits per heavy atom. The van der Waals surface area contributed by atoms with Gasteiger partial charge in [0.25, 0.3) is 0 Å². The molecule has 3 rings (SSSR count). The molecule has 1 fully saturated rings. The Hall–Kier alpha value is -1.32. The van der Waals surface area contributed by atoms with Crippen molar-refractivity contribution in [2.75, 3.05) is 6.54 Å². The number of benzene rings is 1. The Morgan fingerprint density at radius 2 is 1.85 bits per heavy atom. The highest BCUT2D eigenvalue weighted by atomic mass is 35.5. The number of hydrogen-bond acceptors (Lipinski definition) is 2. The maximum atomic E-state index is 6.09. The summed E-state index contributed by atoms with van der Waals surface area (Å²) in [5.41, 5.74) is 8.66. The van der Waals surface area contributed by atoms with Crippen molar-refractivity contribution in [3.05, 3.63) is 47.2 Å². The molecule has 0 atom stereocenters. The molecule has 2 N–H and O–H groups in total. The maximum absolute atomic E-state index is 6.09. The first-order valence-electron chi connectivity index (χ1n) is 7.25. The molecule has 1 aromatic heterocycles. The minimum atomic E-state index is 0.179. The molecule has 0 saturated heterocycles. The van der Waals surface area contributed by atoms with Crippen molar-refractivity contribution in [1.82, 2.24) is 9.78 Å². The lowest BCUT2D eigenvalue weighted by Crippen LogP contribution is -2.37. The van der Waals surface area contributed by atoms with Crippen LogP contribution in [0.4, 0.5) is 0 Å². The van der Waals surface area contributed by atoms with E-state index in [0.29, 0.717) is 5.02 Å². The summed E-state index contributed by atoms with van der Waals surface area (Å²) < 4.78 is 1.79. The van der Waals surface area contributed by atoms with Gasteiger partial charge in [-0.2, -0.15) is 5.10 Å². The van der Waals surface area contributed by atoms with E-state index in [9.17, 15) is 0 Å². The van der Waals surface area contributed by atoms with Crippen LogP contribution in [-0.2, 0) is 5.41 Å². The zero-order valence-electron chi connectivity index (χ0n) is 11.6. The average molecular weight is 290 g/mol. The predicted octanol–water partition coefficient (Wildman–Crippen LogP) is 3.69. The SMILES string of the molecule is NCC1(c2ccc(-n3cc(Cl)cn3)cc2)CCCCC1. The molecular formula is C16H20ClN3. The number of rotatable bonds is 3. The third-order valence-corrected chi connectivity index (χ3v) is 4.69. The normalized spacial score (nSPS) is 18.1. The quantitative estimate of drug-likeness (QED) is 0.936. The molecule has 0 unspecified atom stereocenters. The van der Waals surface area contributed by atoms with Gasteiger partial charge in [-0.15, -0.1) is 0 Å². The molecule has 1 aromatic carbocycles. The molecule has 1 aliphatic rings. The molecule has 1 saturated carbocycles. The molecule has 106 valence electrons. The summed E-state index contributed by atoms with van der Waals surface area (Å²) in [5, 5.41) is 4.88. The topological polar surface area (TPSA) is 43.8 Å². The summed E-state index contributed by atoms with van der Waals surface area (Å²) in [6, 6.07) is 8.60. The molecule has 4 heteroatoms. The maximum Gasteiger partial charge on any atom is 0.0790 e. The highest BCUT2D eigenvalue weighted by molar-refractivity contribution is 6.30. The standard InChI is InChI=1S/C16H20ClN3/c17-14-10-19-20(11-14)15-6-4-13(5-7-15)16(12-18)8-2-1-3-9-16/h4-7,10-11H,1-3,8-9,12,18H2. The molecule has 1 aliphatic carbocycles.